The maximum Gasteiger partial charge on any atom is 0.251 e. The molecule has 2 rings (SSSR count). The third kappa shape index (κ3) is 3.28. The molecule has 3 N–H and O–H groups in total. The predicted molar refractivity (Wildman–Crippen MR) is 79.2 cm³/mol. The van der Waals surface area contributed by atoms with Crippen molar-refractivity contribution >= 4 is 27.5 Å². The fourth-order valence-electron chi connectivity index (χ4n) is 2.25. The highest BCUT2D eigenvalue weighted by atomic mass is 79.9. The summed E-state index contributed by atoms with van der Waals surface area (Å²) in [4.78, 5) is 12.2. The van der Waals surface area contributed by atoms with Crippen molar-refractivity contribution in [3.05, 3.63) is 27.7 Å². The van der Waals surface area contributed by atoms with E-state index < -0.39 is 0 Å². The van der Waals surface area contributed by atoms with Crippen molar-refractivity contribution in [3.8, 4) is 0 Å². The molecule has 1 fully saturated rings. The molecule has 0 spiro atoms. The molecule has 0 atom stereocenters. The minimum Gasteiger partial charge on any atom is -0.398 e. The summed E-state index contributed by atoms with van der Waals surface area (Å²) in [7, 11) is 0. The van der Waals surface area contributed by atoms with Gasteiger partial charge in [-0.25, -0.2) is 0 Å². The first kappa shape index (κ1) is 14.3. The quantitative estimate of drug-likeness (QED) is 0.836. The van der Waals surface area contributed by atoms with Crippen molar-refractivity contribution in [2.45, 2.75) is 38.8 Å². The van der Waals surface area contributed by atoms with Gasteiger partial charge < -0.3 is 15.8 Å². The third-order valence-electron chi connectivity index (χ3n) is 3.49. The summed E-state index contributed by atoms with van der Waals surface area (Å²) < 4.78 is 6.30. The van der Waals surface area contributed by atoms with E-state index in [-0.39, 0.29) is 11.9 Å². The molecule has 0 unspecified atom stereocenters. The molecule has 4 nitrogen and oxygen atoms in total. The molecular formula is C14H19BrN2O2. The Morgan fingerprint density at radius 2 is 2.21 bits per heavy atom. The zero-order valence-corrected chi connectivity index (χ0v) is 12.8. The Morgan fingerprint density at radius 3 is 2.84 bits per heavy atom. The van der Waals surface area contributed by atoms with Crippen LogP contribution in [-0.2, 0) is 4.74 Å². The van der Waals surface area contributed by atoms with Crippen LogP contribution in [0.15, 0.2) is 16.6 Å². The number of rotatable bonds is 4. The number of nitrogen functional groups attached to an aromatic ring is 1. The highest BCUT2D eigenvalue weighted by Crippen LogP contribution is 2.26. The fourth-order valence-corrected chi connectivity index (χ4v) is 2.73. The molecule has 1 saturated carbocycles. The van der Waals surface area contributed by atoms with Gasteiger partial charge in [0.2, 0.25) is 0 Å². The minimum atomic E-state index is -0.0644. The first-order valence-electron chi connectivity index (χ1n) is 6.49. The van der Waals surface area contributed by atoms with Crippen LogP contribution in [0, 0.1) is 6.92 Å². The average molecular weight is 327 g/mol. The molecule has 0 saturated heterocycles. The smallest absolute Gasteiger partial charge is 0.251 e. The standard InChI is InChI=1S/C14H19BrN2O2/c1-3-19-11-6-10(7-11)17-14(18)12-4-9(15)5-13(16)8(12)2/h4-5,10-11H,3,6-7,16H2,1-2H3,(H,17,18). The second-order valence-electron chi connectivity index (χ2n) is 4.89. The second-order valence-corrected chi connectivity index (χ2v) is 5.80. The number of halogens is 1. The lowest BCUT2D eigenvalue weighted by Crippen LogP contribution is -2.48. The molecule has 1 aliphatic rings. The van der Waals surface area contributed by atoms with Gasteiger partial charge in [0.1, 0.15) is 0 Å². The van der Waals surface area contributed by atoms with Crippen molar-refractivity contribution in [3.63, 3.8) is 0 Å². The van der Waals surface area contributed by atoms with Crippen LogP contribution >= 0.6 is 15.9 Å². The van der Waals surface area contributed by atoms with Gasteiger partial charge in [-0.1, -0.05) is 15.9 Å². The van der Waals surface area contributed by atoms with Gasteiger partial charge >= 0.3 is 0 Å². The number of nitrogens with two attached hydrogens (primary N) is 1. The summed E-state index contributed by atoms with van der Waals surface area (Å²) in [6.07, 6.45) is 2.08. The third-order valence-corrected chi connectivity index (χ3v) is 3.95. The topological polar surface area (TPSA) is 64.3 Å². The predicted octanol–water partition coefficient (Wildman–Crippen LogP) is 2.64. The van der Waals surface area contributed by atoms with Gasteiger partial charge in [-0.05, 0) is 44.4 Å². The lowest BCUT2D eigenvalue weighted by molar-refractivity contribution is -0.00863. The van der Waals surface area contributed by atoms with Crippen LogP contribution in [0.3, 0.4) is 0 Å². The van der Waals surface area contributed by atoms with E-state index in [4.69, 9.17) is 10.5 Å². The molecule has 104 valence electrons. The van der Waals surface area contributed by atoms with E-state index in [2.05, 4.69) is 21.2 Å². The van der Waals surface area contributed by atoms with E-state index in [1.54, 1.807) is 12.1 Å². The van der Waals surface area contributed by atoms with E-state index in [1.807, 2.05) is 13.8 Å². The zero-order chi connectivity index (χ0) is 14.0. The van der Waals surface area contributed by atoms with E-state index >= 15 is 0 Å². The largest absolute Gasteiger partial charge is 0.398 e. The first-order chi connectivity index (χ1) is 9.01. The van der Waals surface area contributed by atoms with Crippen LogP contribution in [0.25, 0.3) is 0 Å². The monoisotopic (exact) mass is 326 g/mol. The summed E-state index contributed by atoms with van der Waals surface area (Å²) in [6, 6.07) is 3.82. The first-order valence-corrected chi connectivity index (χ1v) is 7.28. The number of hydrogen-bond acceptors (Lipinski definition) is 3. The molecule has 0 aliphatic heterocycles. The number of carbonyl (C=O) groups is 1. The van der Waals surface area contributed by atoms with Crippen molar-refractivity contribution < 1.29 is 9.53 Å². The maximum atomic E-state index is 12.2. The van der Waals surface area contributed by atoms with Crippen LogP contribution in [0.5, 0.6) is 0 Å². The van der Waals surface area contributed by atoms with E-state index in [0.29, 0.717) is 17.4 Å². The molecule has 0 heterocycles. The van der Waals surface area contributed by atoms with Gasteiger partial charge in [-0.15, -0.1) is 0 Å². The molecule has 1 aliphatic carbocycles. The zero-order valence-electron chi connectivity index (χ0n) is 11.2. The normalized spacial score (nSPS) is 21.8. The Hall–Kier alpha value is -1.07. The maximum absolute atomic E-state index is 12.2. The summed E-state index contributed by atoms with van der Waals surface area (Å²) in [5, 5.41) is 3.02. The van der Waals surface area contributed by atoms with Crippen molar-refractivity contribution in [1.82, 2.24) is 5.32 Å². The van der Waals surface area contributed by atoms with Gasteiger partial charge in [-0.2, -0.15) is 0 Å². The summed E-state index contributed by atoms with van der Waals surface area (Å²) >= 11 is 3.36. The molecule has 1 amide bonds. The van der Waals surface area contributed by atoms with E-state index in [9.17, 15) is 4.79 Å². The molecule has 0 aromatic heterocycles. The van der Waals surface area contributed by atoms with Crippen LogP contribution < -0.4 is 11.1 Å². The van der Waals surface area contributed by atoms with Gasteiger partial charge in [-0.3, -0.25) is 4.79 Å². The molecule has 1 aromatic carbocycles. The van der Waals surface area contributed by atoms with Crippen molar-refractivity contribution in [2.24, 2.45) is 0 Å². The summed E-state index contributed by atoms with van der Waals surface area (Å²) in [5.41, 5.74) is 7.95. The average Bonchev–Trinajstić information content (AvgIpc) is 2.31. The van der Waals surface area contributed by atoms with Crippen molar-refractivity contribution in [2.75, 3.05) is 12.3 Å². The van der Waals surface area contributed by atoms with Crippen molar-refractivity contribution in [1.29, 1.82) is 0 Å². The van der Waals surface area contributed by atoms with E-state index in [1.165, 1.54) is 0 Å². The Balaban J connectivity index is 1.98. The van der Waals surface area contributed by atoms with Crippen LogP contribution in [0.4, 0.5) is 5.69 Å². The Labute approximate surface area is 121 Å². The van der Waals surface area contributed by atoms with Gasteiger partial charge in [0.15, 0.2) is 0 Å². The number of anilines is 1. The van der Waals surface area contributed by atoms with Crippen LogP contribution in [-0.4, -0.2) is 24.7 Å². The summed E-state index contributed by atoms with van der Waals surface area (Å²) in [5.74, 6) is -0.0644. The minimum absolute atomic E-state index is 0.0644. The number of ether oxygens (including phenoxy) is 1. The number of benzene rings is 1. The highest BCUT2D eigenvalue weighted by molar-refractivity contribution is 9.10. The van der Waals surface area contributed by atoms with Gasteiger partial charge in [0.25, 0.3) is 5.91 Å². The number of amides is 1. The number of carbonyl (C=O) groups excluding carboxylic acids is 1. The summed E-state index contributed by atoms with van der Waals surface area (Å²) in [6.45, 7) is 4.58. The highest BCUT2D eigenvalue weighted by Gasteiger charge is 2.31. The molecule has 1 aromatic rings. The Bertz CT molecular complexity index is 485. The molecule has 19 heavy (non-hydrogen) atoms. The van der Waals surface area contributed by atoms with Crippen LogP contribution in [0.2, 0.25) is 0 Å². The molecule has 5 heteroatoms. The molecule has 0 bridgehead atoms. The van der Waals surface area contributed by atoms with Crippen LogP contribution in [0.1, 0.15) is 35.7 Å². The van der Waals surface area contributed by atoms with Gasteiger partial charge in [0.05, 0.1) is 6.10 Å². The Kier molecular flexibility index (Phi) is 4.47. The lowest BCUT2D eigenvalue weighted by Gasteiger charge is -2.35. The number of hydrogen-bond donors (Lipinski definition) is 2. The van der Waals surface area contributed by atoms with E-state index in [0.717, 1.165) is 29.5 Å². The lowest BCUT2D eigenvalue weighted by atomic mass is 9.89. The fraction of sp³-hybridized carbons (Fsp3) is 0.500. The van der Waals surface area contributed by atoms with Gasteiger partial charge in [0, 0.05) is 28.4 Å². The second kappa shape index (κ2) is 5.92. The molecular weight excluding hydrogens is 308 g/mol. The SMILES string of the molecule is CCOC1CC(NC(=O)c2cc(Br)cc(N)c2C)C1. The number of nitrogens with one attached hydrogen (secondary N) is 1. The Morgan fingerprint density at radius 1 is 1.53 bits per heavy atom. The molecule has 0 radical (unpaired) electrons.